The maximum absolute atomic E-state index is 12.4. The van der Waals surface area contributed by atoms with Crippen LogP contribution in [0.4, 0.5) is 11.5 Å². The Balaban J connectivity index is 1.88. The summed E-state index contributed by atoms with van der Waals surface area (Å²) in [5.74, 6) is -0.524. The molecule has 1 aliphatic rings. The molecule has 24 heavy (non-hydrogen) atoms. The van der Waals surface area contributed by atoms with Gasteiger partial charge in [0.05, 0.1) is 18.5 Å². The highest BCUT2D eigenvalue weighted by molar-refractivity contribution is 7.92. The Kier molecular flexibility index (Phi) is 4.02. The van der Waals surface area contributed by atoms with E-state index in [1.54, 1.807) is 24.3 Å². The van der Waals surface area contributed by atoms with Gasteiger partial charge in [0.1, 0.15) is 5.75 Å². The van der Waals surface area contributed by atoms with E-state index in [4.69, 9.17) is 4.74 Å². The van der Waals surface area contributed by atoms with Gasteiger partial charge in [0, 0.05) is 6.20 Å². The number of anilines is 2. The molecular formula is C15H15N3O5S. The third-order valence-electron chi connectivity index (χ3n) is 3.46. The molecule has 126 valence electrons. The maximum atomic E-state index is 12.4. The monoisotopic (exact) mass is 349 g/mol. The number of rotatable bonds is 3. The van der Waals surface area contributed by atoms with Crippen LogP contribution in [0.15, 0.2) is 42.6 Å². The van der Waals surface area contributed by atoms with Gasteiger partial charge in [-0.15, -0.1) is 0 Å². The van der Waals surface area contributed by atoms with Gasteiger partial charge in [-0.25, -0.2) is 13.4 Å². The topological polar surface area (TPSA) is 109 Å². The smallest absolute Gasteiger partial charge is 0.268 e. The lowest BCUT2D eigenvalue weighted by Crippen LogP contribution is -2.48. The third kappa shape index (κ3) is 3.11. The Morgan fingerprint density at radius 2 is 2.08 bits per heavy atom. The van der Waals surface area contributed by atoms with Crippen molar-refractivity contribution in [3.05, 3.63) is 42.6 Å². The molecule has 1 atom stereocenters. The van der Waals surface area contributed by atoms with E-state index < -0.39 is 22.0 Å². The van der Waals surface area contributed by atoms with E-state index in [1.165, 1.54) is 18.3 Å². The van der Waals surface area contributed by atoms with Crippen LogP contribution in [0, 0.1) is 0 Å². The van der Waals surface area contributed by atoms with Gasteiger partial charge < -0.3 is 15.2 Å². The molecule has 0 spiro atoms. The molecule has 9 heteroatoms. The van der Waals surface area contributed by atoms with E-state index in [2.05, 4.69) is 10.3 Å². The zero-order valence-corrected chi connectivity index (χ0v) is 13.5. The van der Waals surface area contributed by atoms with E-state index in [0.29, 0.717) is 11.4 Å². The summed E-state index contributed by atoms with van der Waals surface area (Å²) in [6, 6.07) is 9.46. The molecule has 0 saturated heterocycles. The van der Waals surface area contributed by atoms with Crippen LogP contribution in [0.1, 0.15) is 0 Å². The van der Waals surface area contributed by atoms with Crippen molar-refractivity contribution >= 4 is 27.4 Å². The molecule has 0 saturated carbocycles. The summed E-state index contributed by atoms with van der Waals surface area (Å²) in [6.45, 7) is -0.171. The van der Waals surface area contributed by atoms with E-state index >= 15 is 0 Å². The molecule has 1 aromatic heterocycles. The van der Waals surface area contributed by atoms with E-state index in [9.17, 15) is 18.3 Å². The number of nitrogens with zero attached hydrogens (tertiary/aromatic N) is 2. The van der Waals surface area contributed by atoms with Crippen LogP contribution in [-0.2, 0) is 14.8 Å². The highest BCUT2D eigenvalue weighted by Crippen LogP contribution is 2.34. The number of sulfonamides is 1. The first-order chi connectivity index (χ1) is 11.4. The van der Waals surface area contributed by atoms with Gasteiger partial charge in [-0.05, 0) is 24.3 Å². The Morgan fingerprint density at radius 1 is 1.33 bits per heavy atom. The van der Waals surface area contributed by atoms with Gasteiger partial charge in [0.25, 0.3) is 5.91 Å². The number of fused-ring (bicyclic) bond motifs is 1. The lowest BCUT2D eigenvalue weighted by molar-refractivity contribution is -0.122. The van der Waals surface area contributed by atoms with Crippen LogP contribution >= 0.6 is 0 Å². The minimum absolute atomic E-state index is 0.0177. The molecule has 0 aliphatic carbocycles. The summed E-state index contributed by atoms with van der Waals surface area (Å²) < 4.78 is 30.8. The van der Waals surface area contributed by atoms with Crippen molar-refractivity contribution in [3.8, 4) is 11.5 Å². The summed E-state index contributed by atoms with van der Waals surface area (Å²) >= 11 is 0. The SMILES string of the molecule is CS(=O)(=O)N1CC(C(=O)Nc2ncccc2O)Oc2ccccc21. The predicted molar refractivity (Wildman–Crippen MR) is 87.6 cm³/mol. The second-order valence-corrected chi connectivity index (χ2v) is 7.14. The van der Waals surface area contributed by atoms with Crippen LogP contribution in [0.25, 0.3) is 0 Å². The minimum atomic E-state index is -3.58. The predicted octanol–water partition coefficient (Wildman–Crippen LogP) is 0.953. The van der Waals surface area contributed by atoms with Crippen molar-refractivity contribution in [2.75, 3.05) is 22.4 Å². The highest BCUT2D eigenvalue weighted by atomic mass is 32.2. The van der Waals surface area contributed by atoms with Crippen molar-refractivity contribution in [1.82, 2.24) is 4.98 Å². The van der Waals surface area contributed by atoms with Crippen molar-refractivity contribution in [2.24, 2.45) is 0 Å². The molecule has 2 aromatic rings. The summed E-state index contributed by atoms with van der Waals surface area (Å²) in [7, 11) is -3.58. The number of benzene rings is 1. The second kappa shape index (κ2) is 6.00. The fourth-order valence-electron chi connectivity index (χ4n) is 2.34. The van der Waals surface area contributed by atoms with Crippen molar-refractivity contribution in [3.63, 3.8) is 0 Å². The summed E-state index contributed by atoms with van der Waals surface area (Å²) in [4.78, 5) is 16.2. The number of amides is 1. The zero-order chi connectivity index (χ0) is 17.3. The van der Waals surface area contributed by atoms with Crippen LogP contribution in [-0.4, -0.2) is 43.3 Å². The fraction of sp³-hybridized carbons (Fsp3) is 0.200. The molecule has 0 bridgehead atoms. The third-order valence-corrected chi connectivity index (χ3v) is 4.60. The van der Waals surface area contributed by atoms with Gasteiger partial charge in [-0.2, -0.15) is 0 Å². The average molecular weight is 349 g/mol. The first kappa shape index (κ1) is 16.1. The summed E-state index contributed by atoms with van der Waals surface area (Å²) in [5.41, 5.74) is 0.379. The van der Waals surface area contributed by atoms with Crippen molar-refractivity contribution in [1.29, 1.82) is 0 Å². The highest BCUT2D eigenvalue weighted by Gasteiger charge is 2.35. The molecule has 3 rings (SSSR count). The zero-order valence-electron chi connectivity index (χ0n) is 12.7. The second-order valence-electron chi connectivity index (χ2n) is 5.23. The molecule has 1 amide bonds. The Labute approximate surface area is 138 Å². The van der Waals surface area contributed by atoms with Gasteiger partial charge in [0.15, 0.2) is 17.7 Å². The van der Waals surface area contributed by atoms with Gasteiger partial charge >= 0.3 is 0 Å². The normalized spacial score (nSPS) is 16.9. The van der Waals surface area contributed by atoms with Crippen LogP contribution < -0.4 is 14.4 Å². The number of ether oxygens (including phenoxy) is 1. The first-order valence-electron chi connectivity index (χ1n) is 7.04. The van der Waals surface area contributed by atoms with Crippen LogP contribution in [0.5, 0.6) is 11.5 Å². The Hall–Kier alpha value is -2.81. The molecular weight excluding hydrogens is 334 g/mol. The number of nitrogens with one attached hydrogen (secondary N) is 1. The van der Waals surface area contributed by atoms with E-state index in [1.807, 2.05) is 0 Å². The van der Waals surface area contributed by atoms with E-state index in [-0.39, 0.29) is 18.1 Å². The number of aromatic nitrogens is 1. The standard InChI is InChI=1S/C15H15N3O5S/c1-24(21,22)18-9-13(23-12-7-3-2-5-10(12)18)15(20)17-14-11(19)6-4-8-16-14/h2-8,13,19H,9H2,1H3,(H,16,17,20). The molecule has 0 radical (unpaired) electrons. The quantitative estimate of drug-likeness (QED) is 0.854. The molecule has 8 nitrogen and oxygen atoms in total. The van der Waals surface area contributed by atoms with Crippen LogP contribution in [0.2, 0.25) is 0 Å². The molecule has 0 fully saturated rings. The van der Waals surface area contributed by atoms with Gasteiger partial charge in [0.2, 0.25) is 10.0 Å². The number of hydrogen-bond donors (Lipinski definition) is 2. The summed E-state index contributed by atoms with van der Waals surface area (Å²) in [5, 5.41) is 12.1. The minimum Gasteiger partial charge on any atom is -0.504 e. The first-order valence-corrected chi connectivity index (χ1v) is 8.89. The lowest BCUT2D eigenvalue weighted by Gasteiger charge is -2.33. The summed E-state index contributed by atoms with van der Waals surface area (Å²) in [6.07, 6.45) is 1.40. The largest absolute Gasteiger partial charge is 0.504 e. The number of pyridine rings is 1. The Morgan fingerprint density at radius 3 is 2.79 bits per heavy atom. The van der Waals surface area contributed by atoms with Crippen molar-refractivity contribution < 1.29 is 23.1 Å². The number of hydrogen-bond acceptors (Lipinski definition) is 6. The van der Waals surface area contributed by atoms with Gasteiger partial charge in [-0.1, -0.05) is 12.1 Å². The molecule has 2 heterocycles. The van der Waals surface area contributed by atoms with Crippen LogP contribution in [0.3, 0.4) is 0 Å². The number of para-hydroxylation sites is 2. The molecule has 1 aromatic carbocycles. The van der Waals surface area contributed by atoms with Crippen molar-refractivity contribution in [2.45, 2.75) is 6.10 Å². The lowest BCUT2D eigenvalue weighted by atomic mass is 10.2. The number of carbonyl (C=O) groups is 1. The average Bonchev–Trinajstić information content (AvgIpc) is 2.55. The molecule has 1 aliphatic heterocycles. The number of carbonyl (C=O) groups excluding carboxylic acids is 1. The molecule has 1 unspecified atom stereocenters. The Bertz CT molecular complexity index is 884. The maximum Gasteiger partial charge on any atom is 0.268 e. The van der Waals surface area contributed by atoms with E-state index in [0.717, 1.165) is 10.6 Å². The molecule has 2 N–H and O–H groups in total. The van der Waals surface area contributed by atoms with Gasteiger partial charge in [-0.3, -0.25) is 9.10 Å². The fourth-order valence-corrected chi connectivity index (χ4v) is 3.26. The number of aromatic hydroxyl groups is 1.